The van der Waals surface area contributed by atoms with Crippen LogP contribution in [0.1, 0.15) is 24.1 Å². The van der Waals surface area contributed by atoms with Gasteiger partial charge in [0.15, 0.2) is 0 Å². The molecule has 4 nitrogen and oxygen atoms in total. The molecule has 0 bridgehead atoms. The van der Waals surface area contributed by atoms with E-state index in [1.54, 1.807) is 6.07 Å². The number of nitriles is 1. The Morgan fingerprint density at radius 2 is 2.00 bits per heavy atom. The Balaban J connectivity index is 2.17. The summed E-state index contributed by atoms with van der Waals surface area (Å²) in [4.78, 5) is 12.2. The lowest BCUT2D eigenvalue weighted by atomic mass is 10.1. The topological polar surface area (TPSA) is 73.1 Å². The maximum Gasteiger partial charge on any atom is 0.262 e. The maximum absolute atomic E-state index is 12.2. The number of amides is 1. The smallest absolute Gasteiger partial charge is 0.262 e. The van der Waals surface area contributed by atoms with Crippen LogP contribution in [0.25, 0.3) is 6.08 Å². The molecule has 23 heavy (non-hydrogen) atoms. The summed E-state index contributed by atoms with van der Waals surface area (Å²) in [6, 6.07) is 15.6. The summed E-state index contributed by atoms with van der Waals surface area (Å²) in [6.07, 6.45) is 1.43. The molecule has 0 unspecified atom stereocenters. The molecule has 2 aromatic carbocycles. The first-order valence-corrected chi connectivity index (χ1v) is 7.35. The predicted molar refractivity (Wildman–Crippen MR) is 89.7 cm³/mol. The predicted octanol–water partition coefficient (Wildman–Crippen LogP) is 3.83. The van der Waals surface area contributed by atoms with E-state index in [1.807, 2.05) is 43.3 Å². The van der Waals surface area contributed by atoms with Crippen LogP contribution in [0.4, 0.5) is 0 Å². The van der Waals surface area contributed by atoms with Gasteiger partial charge in [-0.2, -0.15) is 5.26 Å². The van der Waals surface area contributed by atoms with E-state index in [9.17, 15) is 15.2 Å². The molecule has 0 fully saturated rings. The Morgan fingerprint density at radius 1 is 1.30 bits per heavy atom. The summed E-state index contributed by atoms with van der Waals surface area (Å²) < 4.78 is 0. The van der Waals surface area contributed by atoms with Gasteiger partial charge in [0.05, 0.1) is 11.1 Å². The lowest BCUT2D eigenvalue weighted by Crippen LogP contribution is -2.27. The highest BCUT2D eigenvalue weighted by Crippen LogP contribution is 2.24. The second-order valence-corrected chi connectivity index (χ2v) is 5.39. The number of hydrogen-bond donors (Lipinski definition) is 2. The lowest BCUT2D eigenvalue weighted by molar-refractivity contribution is -0.117. The summed E-state index contributed by atoms with van der Waals surface area (Å²) in [5, 5.41) is 21.5. The molecule has 0 saturated carbocycles. The zero-order valence-electron chi connectivity index (χ0n) is 12.5. The number of halogens is 1. The normalized spacial score (nSPS) is 12.3. The fourth-order valence-electron chi connectivity index (χ4n) is 2.03. The average molecular weight is 327 g/mol. The summed E-state index contributed by atoms with van der Waals surface area (Å²) in [7, 11) is 0. The third kappa shape index (κ3) is 4.35. The maximum atomic E-state index is 12.2. The minimum Gasteiger partial charge on any atom is -0.506 e. The Morgan fingerprint density at radius 3 is 2.61 bits per heavy atom. The van der Waals surface area contributed by atoms with Crippen molar-refractivity contribution in [1.29, 1.82) is 5.26 Å². The van der Waals surface area contributed by atoms with E-state index in [2.05, 4.69) is 5.32 Å². The Labute approximate surface area is 139 Å². The molecule has 1 atom stereocenters. The molecular formula is C18H15ClN2O2. The largest absolute Gasteiger partial charge is 0.506 e. The second kappa shape index (κ2) is 7.48. The molecule has 1 amide bonds. The van der Waals surface area contributed by atoms with Crippen molar-refractivity contribution in [2.24, 2.45) is 0 Å². The molecule has 0 aliphatic carbocycles. The first-order valence-electron chi connectivity index (χ1n) is 6.97. The van der Waals surface area contributed by atoms with Crippen LogP contribution in [0.15, 0.2) is 54.1 Å². The van der Waals surface area contributed by atoms with E-state index < -0.39 is 5.91 Å². The summed E-state index contributed by atoms with van der Waals surface area (Å²) in [6.45, 7) is 1.85. The molecule has 0 saturated heterocycles. The number of carbonyl (C=O) groups is 1. The minimum absolute atomic E-state index is 0.0328. The number of hydrogen-bond acceptors (Lipinski definition) is 3. The quantitative estimate of drug-likeness (QED) is 0.662. The van der Waals surface area contributed by atoms with Gasteiger partial charge >= 0.3 is 0 Å². The van der Waals surface area contributed by atoms with Crippen molar-refractivity contribution >= 4 is 23.6 Å². The van der Waals surface area contributed by atoms with E-state index in [4.69, 9.17) is 11.6 Å². The van der Waals surface area contributed by atoms with Gasteiger partial charge in [-0.3, -0.25) is 4.79 Å². The summed E-state index contributed by atoms with van der Waals surface area (Å²) in [5.74, 6) is -0.516. The fourth-order valence-corrected chi connectivity index (χ4v) is 2.22. The average Bonchev–Trinajstić information content (AvgIpc) is 2.56. The molecule has 5 heteroatoms. The minimum atomic E-state index is -0.465. The fraction of sp³-hybridized carbons (Fsp3) is 0.111. The molecule has 0 spiro atoms. The molecule has 0 aliphatic heterocycles. The van der Waals surface area contributed by atoms with Crippen LogP contribution in [0.5, 0.6) is 5.75 Å². The third-order valence-electron chi connectivity index (χ3n) is 3.29. The van der Waals surface area contributed by atoms with Crippen molar-refractivity contribution in [2.45, 2.75) is 13.0 Å². The monoisotopic (exact) mass is 326 g/mol. The first-order chi connectivity index (χ1) is 11.0. The summed E-state index contributed by atoms with van der Waals surface area (Å²) >= 11 is 5.82. The van der Waals surface area contributed by atoms with Crippen LogP contribution >= 0.6 is 11.6 Å². The van der Waals surface area contributed by atoms with Gasteiger partial charge in [0.25, 0.3) is 5.91 Å². The van der Waals surface area contributed by atoms with Crippen molar-refractivity contribution in [3.8, 4) is 11.8 Å². The van der Waals surface area contributed by atoms with Crippen LogP contribution in [-0.4, -0.2) is 11.0 Å². The van der Waals surface area contributed by atoms with Gasteiger partial charge in [0, 0.05) is 0 Å². The van der Waals surface area contributed by atoms with Gasteiger partial charge in [-0.05, 0) is 36.3 Å². The van der Waals surface area contributed by atoms with E-state index in [1.165, 1.54) is 18.2 Å². The van der Waals surface area contributed by atoms with Crippen molar-refractivity contribution in [2.75, 3.05) is 0 Å². The molecular weight excluding hydrogens is 312 g/mol. The Hall–Kier alpha value is -2.77. The van der Waals surface area contributed by atoms with Crippen LogP contribution in [-0.2, 0) is 4.79 Å². The highest BCUT2D eigenvalue weighted by atomic mass is 35.5. The molecule has 2 rings (SSSR count). The van der Waals surface area contributed by atoms with E-state index in [0.29, 0.717) is 5.56 Å². The van der Waals surface area contributed by atoms with Crippen LogP contribution in [0.2, 0.25) is 5.02 Å². The molecule has 0 heterocycles. The van der Waals surface area contributed by atoms with E-state index in [-0.39, 0.29) is 22.4 Å². The second-order valence-electron chi connectivity index (χ2n) is 4.99. The number of carbonyl (C=O) groups excluding carboxylic acids is 1. The number of phenolic OH excluding ortho intramolecular Hbond substituents is 1. The molecule has 116 valence electrons. The Kier molecular flexibility index (Phi) is 5.40. The number of aromatic hydroxyl groups is 1. The number of benzene rings is 2. The third-order valence-corrected chi connectivity index (χ3v) is 3.60. The standard InChI is InChI=1S/C18H15ClN2O2/c1-12(14-5-3-2-4-6-14)21-18(23)15(11-20)9-13-7-8-17(22)16(19)10-13/h2-10,12,22H,1H3,(H,21,23)/b15-9-/t12-/m1/s1. The van der Waals surface area contributed by atoms with Crippen LogP contribution in [0, 0.1) is 11.3 Å². The van der Waals surface area contributed by atoms with Gasteiger partial charge in [-0.15, -0.1) is 0 Å². The highest BCUT2D eigenvalue weighted by molar-refractivity contribution is 6.32. The van der Waals surface area contributed by atoms with Crippen molar-refractivity contribution in [3.63, 3.8) is 0 Å². The van der Waals surface area contributed by atoms with E-state index >= 15 is 0 Å². The number of phenols is 1. The number of nitrogens with one attached hydrogen (secondary N) is 1. The molecule has 2 aromatic rings. The van der Waals surface area contributed by atoms with Crippen molar-refractivity contribution in [3.05, 3.63) is 70.3 Å². The van der Waals surface area contributed by atoms with Crippen LogP contribution < -0.4 is 5.32 Å². The summed E-state index contributed by atoms with van der Waals surface area (Å²) in [5.41, 5.74) is 1.48. The molecule has 2 N–H and O–H groups in total. The number of rotatable bonds is 4. The Bertz CT molecular complexity index is 779. The highest BCUT2D eigenvalue weighted by Gasteiger charge is 2.13. The number of nitrogens with zero attached hydrogens (tertiary/aromatic N) is 1. The van der Waals surface area contributed by atoms with Gasteiger partial charge in [0.2, 0.25) is 0 Å². The van der Waals surface area contributed by atoms with Gasteiger partial charge in [-0.25, -0.2) is 0 Å². The van der Waals surface area contributed by atoms with Crippen LogP contribution in [0.3, 0.4) is 0 Å². The lowest BCUT2D eigenvalue weighted by Gasteiger charge is -2.13. The van der Waals surface area contributed by atoms with Crippen molar-refractivity contribution in [1.82, 2.24) is 5.32 Å². The molecule has 0 aliphatic rings. The molecule has 0 radical (unpaired) electrons. The van der Waals surface area contributed by atoms with Gasteiger partial charge in [-0.1, -0.05) is 48.0 Å². The zero-order chi connectivity index (χ0) is 16.8. The van der Waals surface area contributed by atoms with Gasteiger partial charge < -0.3 is 10.4 Å². The van der Waals surface area contributed by atoms with Gasteiger partial charge in [0.1, 0.15) is 17.4 Å². The first kappa shape index (κ1) is 16.6. The molecule has 0 aromatic heterocycles. The van der Waals surface area contributed by atoms with Crippen molar-refractivity contribution < 1.29 is 9.90 Å². The zero-order valence-corrected chi connectivity index (χ0v) is 13.2. The SMILES string of the molecule is C[C@@H](NC(=O)/C(C#N)=C\c1ccc(O)c(Cl)c1)c1ccccc1. The van der Waals surface area contributed by atoms with E-state index in [0.717, 1.165) is 5.56 Å².